The highest BCUT2D eigenvalue weighted by atomic mass is 16.4. The van der Waals surface area contributed by atoms with E-state index in [0.29, 0.717) is 37.3 Å². The van der Waals surface area contributed by atoms with Gasteiger partial charge in [-0.3, -0.25) is 28.9 Å². The number of hydrogen-bond donors (Lipinski definition) is 4. The summed E-state index contributed by atoms with van der Waals surface area (Å²) in [5.41, 5.74) is 1.41. The number of carbonyl (C=O) groups is 5. The number of tetrazole rings is 1. The molecule has 1 saturated heterocycles. The number of carbonyl (C=O) groups excluding carboxylic acids is 4. The van der Waals surface area contributed by atoms with E-state index in [2.05, 4.69) is 31.3 Å². The van der Waals surface area contributed by atoms with Crippen molar-refractivity contribution in [2.75, 3.05) is 18.0 Å². The predicted octanol–water partition coefficient (Wildman–Crippen LogP) is -0.864. The SMILES string of the molecule is O=C(O)CCC(=O)N1CCCC[C@H]1C(=O)NCC(=O)N1c2ccccc2C[C@H]1C(=O)NCc1nn[nH]n1. The van der Waals surface area contributed by atoms with Crippen molar-refractivity contribution in [3.63, 3.8) is 0 Å². The van der Waals surface area contributed by atoms with E-state index >= 15 is 0 Å². The molecule has 37 heavy (non-hydrogen) atoms. The molecule has 14 heteroatoms. The van der Waals surface area contributed by atoms with Crippen molar-refractivity contribution in [2.24, 2.45) is 0 Å². The van der Waals surface area contributed by atoms with E-state index in [0.717, 1.165) is 12.0 Å². The number of aliphatic carboxylic acids is 1. The van der Waals surface area contributed by atoms with Crippen LogP contribution in [0.4, 0.5) is 5.69 Å². The maximum absolute atomic E-state index is 13.3. The predicted molar refractivity (Wildman–Crippen MR) is 127 cm³/mol. The monoisotopic (exact) mass is 512 g/mol. The number of likely N-dealkylation sites (tertiary alicyclic amines) is 1. The molecule has 14 nitrogen and oxygen atoms in total. The number of H-pyrrole nitrogens is 1. The number of aromatic amines is 1. The molecular formula is C23H28N8O6. The minimum Gasteiger partial charge on any atom is -0.481 e. The van der Waals surface area contributed by atoms with Crippen molar-refractivity contribution < 1.29 is 29.1 Å². The van der Waals surface area contributed by atoms with Gasteiger partial charge < -0.3 is 20.6 Å². The van der Waals surface area contributed by atoms with Gasteiger partial charge in [-0.2, -0.15) is 5.21 Å². The Bertz CT molecular complexity index is 1170. The van der Waals surface area contributed by atoms with Gasteiger partial charge in [0.1, 0.15) is 12.1 Å². The molecule has 3 heterocycles. The number of para-hydroxylation sites is 1. The lowest BCUT2D eigenvalue weighted by atomic mass is 10.0. The van der Waals surface area contributed by atoms with Gasteiger partial charge >= 0.3 is 5.97 Å². The van der Waals surface area contributed by atoms with Crippen LogP contribution in [0.5, 0.6) is 0 Å². The van der Waals surface area contributed by atoms with Crippen LogP contribution in [-0.2, 0) is 36.9 Å². The van der Waals surface area contributed by atoms with Crippen molar-refractivity contribution in [3.05, 3.63) is 35.7 Å². The van der Waals surface area contributed by atoms with Crippen molar-refractivity contribution in [1.82, 2.24) is 36.2 Å². The van der Waals surface area contributed by atoms with E-state index in [1.165, 1.54) is 9.80 Å². The van der Waals surface area contributed by atoms with Gasteiger partial charge in [-0.05, 0) is 30.9 Å². The number of amides is 4. The summed E-state index contributed by atoms with van der Waals surface area (Å²) in [5, 5.41) is 27.5. The molecule has 0 saturated carbocycles. The molecular weight excluding hydrogens is 484 g/mol. The van der Waals surface area contributed by atoms with Gasteiger partial charge in [0.25, 0.3) is 0 Å². The van der Waals surface area contributed by atoms with Gasteiger partial charge in [-0.25, -0.2) is 0 Å². The second-order valence-corrected chi connectivity index (χ2v) is 8.87. The van der Waals surface area contributed by atoms with Gasteiger partial charge in [-0.1, -0.05) is 23.4 Å². The Labute approximate surface area is 211 Å². The lowest BCUT2D eigenvalue weighted by Crippen LogP contribution is -2.55. The molecule has 1 fully saturated rings. The topological polar surface area (TPSA) is 191 Å². The summed E-state index contributed by atoms with van der Waals surface area (Å²) in [6.45, 7) is 0.0242. The van der Waals surface area contributed by atoms with Gasteiger partial charge in [-0.15, -0.1) is 10.2 Å². The second kappa shape index (κ2) is 11.6. The van der Waals surface area contributed by atoms with E-state index in [4.69, 9.17) is 5.11 Å². The molecule has 2 aliphatic heterocycles. The summed E-state index contributed by atoms with van der Waals surface area (Å²) >= 11 is 0. The first-order valence-corrected chi connectivity index (χ1v) is 12.0. The van der Waals surface area contributed by atoms with Gasteiger partial charge in [0.05, 0.1) is 19.5 Å². The third kappa shape index (κ3) is 6.08. The Morgan fingerprint density at radius 1 is 1.00 bits per heavy atom. The number of fused-ring (bicyclic) bond motifs is 1. The largest absolute Gasteiger partial charge is 0.481 e. The van der Waals surface area contributed by atoms with Crippen LogP contribution < -0.4 is 15.5 Å². The Balaban J connectivity index is 1.40. The van der Waals surface area contributed by atoms with E-state index in [-0.39, 0.29) is 25.9 Å². The number of hydrogen-bond acceptors (Lipinski definition) is 8. The van der Waals surface area contributed by atoms with Crippen LogP contribution in [0.15, 0.2) is 24.3 Å². The number of nitrogens with zero attached hydrogens (tertiary/aromatic N) is 5. The van der Waals surface area contributed by atoms with Crippen LogP contribution in [0, 0.1) is 0 Å². The zero-order chi connectivity index (χ0) is 26.4. The second-order valence-electron chi connectivity index (χ2n) is 8.87. The van der Waals surface area contributed by atoms with Gasteiger partial charge in [0, 0.05) is 25.1 Å². The van der Waals surface area contributed by atoms with E-state index in [1.54, 1.807) is 12.1 Å². The number of rotatable bonds is 9. The van der Waals surface area contributed by atoms with E-state index < -0.39 is 41.7 Å². The Morgan fingerprint density at radius 2 is 1.78 bits per heavy atom. The number of aromatic nitrogens is 4. The number of carboxylic acids is 1. The number of piperidine rings is 1. The van der Waals surface area contributed by atoms with Crippen LogP contribution in [0.1, 0.15) is 43.5 Å². The third-order valence-corrected chi connectivity index (χ3v) is 6.45. The standard InChI is InChI=1S/C23H28N8O6/c32-19(8-9-21(34)35)30-10-4-3-7-16(30)22(36)25-13-20(33)31-15-6-2-1-5-14(15)11-17(31)23(37)24-12-18-26-28-29-27-18/h1-2,5-6,16-17H,3-4,7-13H2,(H,24,37)(H,25,36)(H,34,35)(H,26,27,28,29)/t16-,17-/m0/s1. The fraction of sp³-hybridized carbons (Fsp3) is 0.478. The zero-order valence-corrected chi connectivity index (χ0v) is 20.1. The smallest absolute Gasteiger partial charge is 0.303 e. The first-order chi connectivity index (χ1) is 17.8. The molecule has 0 unspecified atom stereocenters. The van der Waals surface area contributed by atoms with Crippen LogP contribution in [-0.4, -0.2) is 85.4 Å². The Morgan fingerprint density at radius 3 is 2.54 bits per heavy atom. The van der Waals surface area contributed by atoms with E-state index in [9.17, 15) is 24.0 Å². The van der Waals surface area contributed by atoms with E-state index in [1.807, 2.05) is 12.1 Å². The van der Waals surface area contributed by atoms with Gasteiger partial charge in [0.15, 0.2) is 5.82 Å². The molecule has 4 N–H and O–H groups in total. The number of carboxylic acid groups (broad SMARTS) is 1. The molecule has 4 rings (SSSR count). The molecule has 2 atom stereocenters. The van der Waals surface area contributed by atoms with Crippen molar-refractivity contribution in [3.8, 4) is 0 Å². The highest BCUT2D eigenvalue weighted by Gasteiger charge is 2.39. The van der Waals surface area contributed by atoms with Crippen LogP contribution in [0.2, 0.25) is 0 Å². The summed E-state index contributed by atoms with van der Waals surface area (Å²) < 4.78 is 0. The van der Waals surface area contributed by atoms with Crippen LogP contribution >= 0.6 is 0 Å². The molecule has 4 amide bonds. The maximum atomic E-state index is 13.3. The summed E-state index contributed by atoms with van der Waals surface area (Å²) in [6.07, 6.45) is 1.68. The molecule has 0 bridgehead atoms. The highest BCUT2D eigenvalue weighted by Crippen LogP contribution is 2.32. The first kappa shape index (κ1) is 25.7. The lowest BCUT2D eigenvalue weighted by molar-refractivity contribution is -0.145. The molecule has 0 aliphatic carbocycles. The number of nitrogens with one attached hydrogen (secondary N) is 3. The summed E-state index contributed by atoms with van der Waals surface area (Å²) in [4.78, 5) is 65.3. The zero-order valence-electron chi connectivity index (χ0n) is 20.1. The summed E-state index contributed by atoms with van der Waals surface area (Å²) in [6, 6.07) is 5.57. The summed E-state index contributed by atoms with van der Waals surface area (Å²) in [5.74, 6) is -2.55. The molecule has 2 aliphatic rings. The molecule has 1 aromatic heterocycles. The molecule has 0 radical (unpaired) electrons. The Hall–Kier alpha value is -4.36. The van der Waals surface area contributed by atoms with Crippen LogP contribution in [0.25, 0.3) is 0 Å². The summed E-state index contributed by atoms with van der Waals surface area (Å²) in [7, 11) is 0. The van der Waals surface area contributed by atoms with Gasteiger partial charge in [0.2, 0.25) is 23.6 Å². The fourth-order valence-electron chi connectivity index (χ4n) is 4.67. The molecule has 196 valence electrons. The first-order valence-electron chi connectivity index (χ1n) is 12.0. The average molecular weight is 513 g/mol. The molecule has 0 spiro atoms. The number of anilines is 1. The third-order valence-electron chi connectivity index (χ3n) is 6.45. The average Bonchev–Trinajstić information content (AvgIpc) is 3.57. The normalized spacial score (nSPS) is 18.7. The molecule has 2 aromatic rings. The highest BCUT2D eigenvalue weighted by molar-refractivity contribution is 6.05. The fourth-order valence-corrected chi connectivity index (χ4v) is 4.67. The van der Waals surface area contributed by atoms with Crippen LogP contribution in [0.3, 0.4) is 0 Å². The maximum Gasteiger partial charge on any atom is 0.303 e. The minimum atomic E-state index is -1.08. The van der Waals surface area contributed by atoms with Crippen molar-refractivity contribution >= 4 is 35.3 Å². The van der Waals surface area contributed by atoms with Crippen molar-refractivity contribution in [1.29, 1.82) is 0 Å². The minimum absolute atomic E-state index is 0.0361. The lowest BCUT2D eigenvalue weighted by Gasteiger charge is -2.35. The van der Waals surface area contributed by atoms with Crippen molar-refractivity contribution in [2.45, 2.75) is 57.2 Å². The Kier molecular flexibility index (Phi) is 8.05. The number of benzene rings is 1. The quantitative estimate of drug-likeness (QED) is 0.331. The molecule has 1 aromatic carbocycles.